The predicted molar refractivity (Wildman–Crippen MR) is 97.9 cm³/mol. The molecule has 0 saturated heterocycles. The van der Waals surface area contributed by atoms with Crippen LogP contribution in [0, 0.1) is 6.92 Å². The van der Waals surface area contributed by atoms with Gasteiger partial charge in [0.05, 0.1) is 11.9 Å². The van der Waals surface area contributed by atoms with Crippen LogP contribution in [0.15, 0.2) is 54.2 Å². The number of ether oxygens (including phenoxy) is 1. The third-order valence-electron chi connectivity index (χ3n) is 3.65. The van der Waals surface area contributed by atoms with Crippen LogP contribution in [0.4, 0.5) is 0 Å². The summed E-state index contributed by atoms with van der Waals surface area (Å²) in [5.41, 5.74) is 2.65. The van der Waals surface area contributed by atoms with Crippen molar-refractivity contribution in [3.05, 3.63) is 76.0 Å². The number of nitrogens with zero attached hydrogens (tertiary/aromatic N) is 2. The van der Waals surface area contributed by atoms with Crippen LogP contribution in [0.2, 0.25) is 0 Å². The first-order valence-electron chi connectivity index (χ1n) is 8.02. The molecule has 6 heteroatoms. The summed E-state index contributed by atoms with van der Waals surface area (Å²) >= 11 is 1.56. The summed E-state index contributed by atoms with van der Waals surface area (Å²) in [6.07, 6.45) is 4.08. The first-order valence-corrected chi connectivity index (χ1v) is 8.90. The van der Waals surface area contributed by atoms with Crippen molar-refractivity contribution in [2.75, 3.05) is 6.54 Å². The molecule has 1 aromatic carbocycles. The summed E-state index contributed by atoms with van der Waals surface area (Å²) in [4.78, 5) is 20.7. The average molecular weight is 353 g/mol. The number of hydrogen-bond donors (Lipinski definition) is 1. The molecular formula is C19H19N3O2S. The molecule has 0 bridgehead atoms. The van der Waals surface area contributed by atoms with E-state index in [9.17, 15) is 4.79 Å². The first-order chi connectivity index (χ1) is 12.2. The first kappa shape index (κ1) is 17.1. The molecule has 3 aromatic rings. The van der Waals surface area contributed by atoms with Gasteiger partial charge in [0.15, 0.2) is 0 Å². The molecule has 128 valence electrons. The number of amides is 1. The van der Waals surface area contributed by atoms with Gasteiger partial charge in [0, 0.05) is 30.1 Å². The lowest BCUT2D eigenvalue weighted by Gasteiger charge is -2.06. The zero-order chi connectivity index (χ0) is 17.5. The van der Waals surface area contributed by atoms with Gasteiger partial charge in [0.25, 0.3) is 5.91 Å². The molecular weight excluding hydrogens is 334 g/mol. The smallest absolute Gasteiger partial charge is 0.251 e. The molecule has 0 saturated carbocycles. The molecule has 0 fully saturated rings. The Balaban J connectivity index is 1.46. The lowest BCUT2D eigenvalue weighted by Crippen LogP contribution is -2.26. The van der Waals surface area contributed by atoms with Gasteiger partial charge in [-0.15, -0.1) is 11.3 Å². The third kappa shape index (κ3) is 4.87. The van der Waals surface area contributed by atoms with Gasteiger partial charge < -0.3 is 10.1 Å². The summed E-state index contributed by atoms with van der Waals surface area (Å²) < 4.78 is 5.63. The number of thiazole rings is 1. The molecule has 0 radical (unpaired) electrons. The number of aryl methyl sites for hydroxylation is 1. The number of hydrogen-bond acceptors (Lipinski definition) is 5. The molecule has 2 heterocycles. The summed E-state index contributed by atoms with van der Waals surface area (Å²) in [7, 11) is 0. The van der Waals surface area contributed by atoms with Crippen LogP contribution in [0.25, 0.3) is 0 Å². The summed E-state index contributed by atoms with van der Waals surface area (Å²) in [5.74, 6) is 0.679. The van der Waals surface area contributed by atoms with Crippen molar-refractivity contribution in [2.24, 2.45) is 0 Å². The number of nitrogens with one attached hydrogen (secondary N) is 1. The Kier molecular flexibility index (Phi) is 5.74. The molecule has 0 atom stereocenters. The standard InChI is InChI=1S/C19H19N3O2S/c1-14-5-2-3-7-17(14)19(23)21-10-8-15-13-25-18(22-15)12-24-16-6-4-9-20-11-16/h2-7,9,11,13H,8,10,12H2,1H3,(H,21,23). The molecule has 0 unspecified atom stereocenters. The Morgan fingerprint density at radius 1 is 1.24 bits per heavy atom. The Hall–Kier alpha value is -2.73. The van der Waals surface area contributed by atoms with Crippen molar-refractivity contribution in [3.63, 3.8) is 0 Å². The molecule has 0 spiro atoms. The Morgan fingerprint density at radius 2 is 2.12 bits per heavy atom. The minimum Gasteiger partial charge on any atom is -0.485 e. The van der Waals surface area contributed by atoms with E-state index >= 15 is 0 Å². The van der Waals surface area contributed by atoms with E-state index in [4.69, 9.17) is 4.74 Å². The highest BCUT2D eigenvalue weighted by Gasteiger charge is 2.08. The van der Waals surface area contributed by atoms with Crippen molar-refractivity contribution in [1.82, 2.24) is 15.3 Å². The molecule has 25 heavy (non-hydrogen) atoms. The van der Waals surface area contributed by atoms with Crippen LogP contribution in [-0.4, -0.2) is 22.4 Å². The Bertz CT molecular complexity index is 833. The SMILES string of the molecule is Cc1ccccc1C(=O)NCCc1csc(COc2cccnc2)n1. The highest BCUT2D eigenvalue weighted by Crippen LogP contribution is 2.14. The Labute approximate surface area is 150 Å². The highest BCUT2D eigenvalue weighted by molar-refractivity contribution is 7.09. The maximum atomic E-state index is 12.2. The van der Waals surface area contributed by atoms with Crippen molar-refractivity contribution in [1.29, 1.82) is 0 Å². The number of carbonyl (C=O) groups is 1. The maximum Gasteiger partial charge on any atom is 0.251 e. The van der Waals surface area contributed by atoms with Gasteiger partial charge in [-0.1, -0.05) is 18.2 Å². The summed E-state index contributed by atoms with van der Waals surface area (Å²) in [6.45, 7) is 2.91. The molecule has 2 aromatic heterocycles. The monoisotopic (exact) mass is 353 g/mol. The van der Waals surface area contributed by atoms with Gasteiger partial charge in [0.2, 0.25) is 0 Å². The van der Waals surface area contributed by atoms with Crippen LogP contribution in [0.3, 0.4) is 0 Å². The number of aromatic nitrogens is 2. The highest BCUT2D eigenvalue weighted by atomic mass is 32.1. The average Bonchev–Trinajstić information content (AvgIpc) is 3.09. The fraction of sp³-hybridized carbons (Fsp3) is 0.211. The van der Waals surface area contributed by atoms with Crippen LogP contribution in [0.1, 0.15) is 26.6 Å². The van der Waals surface area contributed by atoms with E-state index < -0.39 is 0 Å². The molecule has 5 nitrogen and oxygen atoms in total. The van der Waals surface area contributed by atoms with E-state index in [1.807, 2.05) is 48.7 Å². The van der Waals surface area contributed by atoms with Crippen LogP contribution >= 0.6 is 11.3 Å². The van der Waals surface area contributed by atoms with Crippen LogP contribution < -0.4 is 10.1 Å². The van der Waals surface area contributed by atoms with Gasteiger partial charge in [0.1, 0.15) is 17.4 Å². The second kappa shape index (κ2) is 8.39. The van der Waals surface area contributed by atoms with Gasteiger partial charge in [-0.3, -0.25) is 9.78 Å². The molecule has 1 N–H and O–H groups in total. The van der Waals surface area contributed by atoms with Gasteiger partial charge in [-0.05, 0) is 30.7 Å². The largest absolute Gasteiger partial charge is 0.485 e. The quantitative estimate of drug-likeness (QED) is 0.707. The lowest BCUT2D eigenvalue weighted by molar-refractivity contribution is 0.0953. The topological polar surface area (TPSA) is 64.1 Å². The van der Waals surface area contributed by atoms with E-state index in [0.29, 0.717) is 25.1 Å². The van der Waals surface area contributed by atoms with E-state index in [2.05, 4.69) is 15.3 Å². The minimum absolute atomic E-state index is 0.0477. The fourth-order valence-electron chi connectivity index (χ4n) is 2.33. The van der Waals surface area contributed by atoms with E-state index in [1.165, 1.54) is 0 Å². The fourth-order valence-corrected chi connectivity index (χ4v) is 3.07. The molecule has 1 amide bonds. The van der Waals surface area contributed by atoms with Crippen LogP contribution in [-0.2, 0) is 13.0 Å². The van der Waals surface area contributed by atoms with Gasteiger partial charge >= 0.3 is 0 Å². The second-order valence-corrected chi connectivity index (χ2v) is 6.47. The maximum absolute atomic E-state index is 12.2. The summed E-state index contributed by atoms with van der Waals surface area (Å²) in [6, 6.07) is 11.3. The van der Waals surface area contributed by atoms with Crippen LogP contribution in [0.5, 0.6) is 5.75 Å². The molecule has 0 aliphatic heterocycles. The van der Waals surface area contributed by atoms with Gasteiger partial charge in [-0.2, -0.15) is 0 Å². The molecule has 0 aliphatic rings. The zero-order valence-electron chi connectivity index (χ0n) is 13.9. The van der Waals surface area contributed by atoms with Crippen molar-refractivity contribution < 1.29 is 9.53 Å². The lowest BCUT2D eigenvalue weighted by atomic mass is 10.1. The van der Waals surface area contributed by atoms with E-state index in [-0.39, 0.29) is 5.91 Å². The number of pyridine rings is 1. The minimum atomic E-state index is -0.0477. The predicted octanol–water partition coefficient (Wildman–Crippen LogP) is 3.40. The van der Waals surface area contributed by atoms with E-state index in [1.54, 1.807) is 23.7 Å². The Morgan fingerprint density at radius 3 is 2.92 bits per heavy atom. The molecule has 0 aliphatic carbocycles. The third-order valence-corrected chi connectivity index (χ3v) is 4.52. The number of benzene rings is 1. The molecule has 3 rings (SSSR count). The van der Waals surface area contributed by atoms with Crippen molar-refractivity contribution in [3.8, 4) is 5.75 Å². The number of carbonyl (C=O) groups excluding carboxylic acids is 1. The summed E-state index contributed by atoms with van der Waals surface area (Å²) in [5, 5.41) is 5.85. The van der Waals surface area contributed by atoms with Gasteiger partial charge in [-0.25, -0.2) is 4.98 Å². The number of rotatable bonds is 7. The normalized spacial score (nSPS) is 10.4. The van der Waals surface area contributed by atoms with Crippen molar-refractivity contribution in [2.45, 2.75) is 20.0 Å². The van der Waals surface area contributed by atoms with E-state index in [0.717, 1.165) is 22.0 Å². The van der Waals surface area contributed by atoms with Crippen molar-refractivity contribution >= 4 is 17.2 Å². The zero-order valence-corrected chi connectivity index (χ0v) is 14.8. The second-order valence-electron chi connectivity index (χ2n) is 5.53.